The van der Waals surface area contributed by atoms with Crippen molar-refractivity contribution in [3.05, 3.63) is 68.1 Å². The molecule has 18 heavy (non-hydrogen) atoms. The van der Waals surface area contributed by atoms with Gasteiger partial charge in [-0.1, -0.05) is 57.3 Å². The summed E-state index contributed by atoms with van der Waals surface area (Å²) in [6.45, 7) is 0. The maximum absolute atomic E-state index is 6.18. The maximum Gasteiger partial charge on any atom is 0.0453 e. The highest BCUT2D eigenvalue weighted by molar-refractivity contribution is 9.10. The first-order valence-corrected chi connectivity index (χ1v) is 7.06. The lowest BCUT2D eigenvalue weighted by Gasteiger charge is -2.13. The van der Waals surface area contributed by atoms with Crippen LogP contribution in [0, 0.1) is 0 Å². The first kappa shape index (κ1) is 13.9. The molecule has 0 amide bonds. The number of hydrogen-bond acceptors (Lipinski definition) is 1. The molecule has 2 aromatic carbocycles. The average molecular weight is 345 g/mol. The second-order valence-corrected chi connectivity index (χ2v) is 5.86. The Balaban J connectivity index is 2.15. The zero-order valence-electron chi connectivity index (χ0n) is 9.54. The molecule has 4 heteroatoms. The van der Waals surface area contributed by atoms with E-state index in [9.17, 15) is 0 Å². The molecule has 1 nitrogen and oxygen atoms in total. The summed E-state index contributed by atoms with van der Waals surface area (Å²) >= 11 is 15.4. The standard InChI is InChI=1S/C14H12BrCl2N/c15-11-4-1-9(2-5-11)14(18)7-10-3-6-12(16)8-13(10)17/h1-6,8,14H,7,18H2. The third-order valence-corrected chi connectivity index (χ3v) is 3.87. The van der Waals surface area contributed by atoms with Gasteiger partial charge in [-0.2, -0.15) is 0 Å². The van der Waals surface area contributed by atoms with E-state index in [1.807, 2.05) is 36.4 Å². The molecule has 0 heterocycles. The molecule has 94 valence electrons. The average Bonchev–Trinajstić information content (AvgIpc) is 2.33. The fourth-order valence-electron chi connectivity index (χ4n) is 1.75. The summed E-state index contributed by atoms with van der Waals surface area (Å²) in [5.74, 6) is 0. The van der Waals surface area contributed by atoms with Crippen LogP contribution in [0.1, 0.15) is 17.2 Å². The zero-order chi connectivity index (χ0) is 13.1. The minimum atomic E-state index is -0.0724. The van der Waals surface area contributed by atoms with Crippen molar-refractivity contribution in [3.8, 4) is 0 Å². The van der Waals surface area contributed by atoms with Crippen LogP contribution in [0.15, 0.2) is 46.9 Å². The van der Waals surface area contributed by atoms with Crippen molar-refractivity contribution in [2.45, 2.75) is 12.5 Å². The highest BCUT2D eigenvalue weighted by atomic mass is 79.9. The minimum absolute atomic E-state index is 0.0724. The van der Waals surface area contributed by atoms with E-state index in [1.165, 1.54) is 0 Å². The SMILES string of the molecule is NC(Cc1ccc(Cl)cc1Cl)c1ccc(Br)cc1. The predicted octanol–water partition coefficient (Wildman–Crippen LogP) is 5.00. The number of nitrogens with two attached hydrogens (primary N) is 1. The zero-order valence-corrected chi connectivity index (χ0v) is 12.6. The number of benzene rings is 2. The molecular weight excluding hydrogens is 333 g/mol. The molecular formula is C14H12BrCl2N. The second kappa shape index (κ2) is 6.07. The molecule has 0 bridgehead atoms. The van der Waals surface area contributed by atoms with E-state index in [2.05, 4.69) is 15.9 Å². The summed E-state index contributed by atoms with van der Waals surface area (Å²) in [6, 6.07) is 13.4. The van der Waals surface area contributed by atoms with Crippen LogP contribution in [0.3, 0.4) is 0 Å². The molecule has 0 aliphatic heterocycles. The van der Waals surface area contributed by atoms with Gasteiger partial charge >= 0.3 is 0 Å². The lowest BCUT2D eigenvalue weighted by Crippen LogP contribution is -2.13. The largest absolute Gasteiger partial charge is 0.324 e. The van der Waals surface area contributed by atoms with Gasteiger partial charge in [0.1, 0.15) is 0 Å². The van der Waals surface area contributed by atoms with Crippen LogP contribution >= 0.6 is 39.1 Å². The molecule has 0 aromatic heterocycles. The van der Waals surface area contributed by atoms with Crippen molar-refractivity contribution in [2.24, 2.45) is 5.73 Å². The Labute approximate surface area is 125 Å². The van der Waals surface area contributed by atoms with E-state index in [-0.39, 0.29) is 6.04 Å². The van der Waals surface area contributed by atoms with Crippen molar-refractivity contribution in [2.75, 3.05) is 0 Å². The van der Waals surface area contributed by atoms with Crippen LogP contribution in [-0.4, -0.2) is 0 Å². The van der Waals surface area contributed by atoms with Gasteiger partial charge in [0, 0.05) is 20.6 Å². The third-order valence-electron chi connectivity index (χ3n) is 2.75. The van der Waals surface area contributed by atoms with Gasteiger partial charge in [0.15, 0.2) is 0 Å². The van der Waals surface area contributed by atoms with Crippen LogP contribution in [0.25, 0.3) is 0 Å². The molecule has 0 fully saturated rings. The molecule has 1 unspecified atom stereocenters. The summed E-state index contributed by atoms with van der Waals surface area (Å²) in [7, 11) is 0. The predicted molar refractivity (Wildman–Crippen MR) is 81.2 cm³/mol. The Kier molecular flexibility index (Phi) is 4.68. The van der Waals surface area contributed by atoms with Gasteiger partial charge in [-0.05, 0) is 41.8 Å². The van der Waals surface area contributed by atoms with Gasteiger partial charge in [-0.3, -0.25) is 0 Å². The summed E-state index contributed by atoms with van der Waals surface area (Å²) in [5.41, 5.74) is 8.27. The van der Waals surface area contributed by atoms with E-state index in [1.54, 1.807) is 6.07 Å². The van der Waals surface area contributed by atoms with Gasteiger partial charge in [0.25, 0.3) is 0 Å². The molecule has 0 saturated carbocycles. The Hall–Kier alpha value is -0.540. The van der Waals surface area contributed by atoms with E-state index in [0.29, 0.717) is 16.5 Å². The molecule has 2 N–H and O–H groups in total. The quantitative estimate of drug-likeness (QED) is 0.833. The molecule has 0 spiro atoms. The molecule has 2 rings (SSSR count). The fourth-order valence-corrected chi connectivity index (χ4v) is 2.50. The topological polar surface area (TPSA) is 26.0 Å². The Bertz CT molecular complexity index is 540. The van der Waals surface area contributed by atoms with Crippen molar-refractivity contribution in [1.82, 2.24) is 0 Å². The first-order valence-electron chi connectivity index (χ1n) is 5.51. The second-order valence-electron chi connectivity index (χ2n) is 4.10. The smallest absolute Gasteiger partial charge is 0.0453 e. The first-order chi connectivity index (χ1) is 8.56. The van der Waals surface area contributed by atoms with Crippen molar-refractivity contribution < 1.29 is 0 Å². The van der Waals surface area contributed by atoms with Gasteiger partial charge in [-0.15, -0.1) is 0 Å². The molecule has 0 aliphatic carbocycles. The van der Waals surface area contributed by atoms with Crippen LogP contribution in [0.4, 0.5) is 0 Å². The van der Waals surface area contributed by atoms with Gasteiger partial charge in [0.2, 0.25) is 0 Å². The summed E-state index contributed by atoms with van der Waals surface area (Å²) < 4.78 is 1.04. The number of rotatable bonds is 3. The van der Waals surface area contributed by atoms with Crippen molar-refractivity contribution in [1.29, 1.82) is 0 Å². The normalized spacial score (nSPS) is 12.4. The molecule has 1 atom stereocenters. The highest BCUT2D eigenvalue weighted by Crippen LogP contribution is 2.25. The van der Waals surface area contributed by atoms with E-state index < -0.39 is 0 Å². The lowest BCUT2D eigenvalue weighted by atomic mass is 10.00. The molecule has 0 saturated heterocycles. The summed E-state index contributed by atoms with van der Waals surface area (Å²) in [4.78, 5) is 0. The minimum Gasteiger partial charge on any atom is -0.324 e. The van der Waals surface area contributed by atoms with E-state index >= 15 is 0 Å². The monoisotopic (exact) mass is 343 g/mol. The van der Waals surface area contributed by atoms with Gasteiger partial charge < -0.3 is 5.73 Å². The Morgan fingerprint density at radius 2 is 1.72 bits per heavy atom. The van der Waals surface area contributed by atoms with Crippen LogP contribution in [-0.2, 0) is 6.42 Å². The fraction of sp³-hybridized carbons (Fsp3) is 0.143. The van der Waals surface area contributed by atoms with Crippen molar-refractivity contribution in [3.63, 3.8) is 0 Å². The Morgan fingerprint density at radius 1 is 1.06 bits per heavy atom. The maximum atomic E-state index is 6.18. The van der Waals surface area contributed by atoms with Gasteiger partial charge in [-0.25, -0.2) is 0 Å². The highest BCUT2D eigenvalue weighted by Gasteiger charge is 2.09. The van der Waals surface area contributed by atoms with Crippen LogP contribution in [0.2, 0.25) is 10.0 Å². The third kappa shape index (κ3) is 3.48. The lowest BCUT2D eigenvalue weighted by molar-refractivity contribution is 0.722. The number of halogens is 3. The van der Waals surface area contributed by atoms with E-state index in [0.717, 1.165) is 15.6 Å². The molecule has 0 radical (unpaired) electrons. The Morgan fingerprint density at radius 3 is 2.33 bits per heavy atom. The van der Waals surface area contributed by atoms with Crippen LogP contribution in [0.5, 0.6) is 0 Å². The van der Waals surface area contributed by atoms with Crippen molar-refractivity contribution >= 4 is 39.1 Å². The molecule has 2 aromatic rings. The summed E-state index contributed by atoms with van der Waals surface area (Å²) in [5, 5.41) is 1.30. The molecule has 0 aliphatic rings. The van der Waals surface area contributed by atoms with Crippen LogP contribution < -0.4 is 5.73 Å². The number of hydrogen-bond donors (Lipinski definition) is 1. The van der Waals surface area contributed by atoms with E-state index in [4.69, 9.17) is 28.9 Å². The summed E-state index contributed by atoms with van der Waals surface area (Å²) in [6.07, 6.45) is 0.692. The van der Waals surface area contributed by atoms with Gasteiger partial charge in [0.05, 0.1) is 0 Å².